The molecule has 390 valence electrons. The zero-order valence-electron chi connectivity index (χ0n) is 43.7. The molecule has 13 rings (SSSR count). The summed E-state index contributed by atoms with van der Waals surface area (Å²) in [6.45, 7) is 0. The molecule has 0 saturated carbocycles. The van der Waals surface area contributed by atoms with E-state index in [0.29, 0.717) is 89.4 Å². The van der Waals surface area contributed by atoms with E-state index in [4.69, 9.17) is 15.0 Å². The summed E-state index contributed by atoms with van der Waals surface area (Å²) in [5.41, 5.74) is 7.73. The highest BCUT2D eigenvalue weighted by molar-refractivity contribution is 6.13. The number of hydrogen-bond acceptors (Lipinski definition) is 9. The Hall–Kier alpha value is -12.5. The van der Waals surface area contributed by atoms with Crippen molar-refractivity contribution >= 4 is 43.6 Å². The molecule has 0 radical (unpaired) electrons. The van der Waals surface area contributed by atoms with Gasteiger partial charge in [0.25, 0.3) is 0 Å². The standard InChI is InChI=1S/C70H34F3N11/c71-70(72,73)52-22-23-55(64(34-52)84-60-18-10-8-16-54(60)57-32-46(20-25-63(57)84)66-50(39-78)29-42(36-75)30-51(66)40-79)58-33-47(69-81-67(43-11-3-1-4-12-43)80-68(82-69)44-13-5-2-6-14-44)21-26-62(58)83-59-17-9-7-15-53(59)56-31-45(19-24-61(56)83)65-48(37-76)27-41(35-74)28-49(65)38-77/h1-34H. The number of para-hydroxylation sites is 2. The first kappa shape index (κ1) is 51.0. The van der Waals surface area contributed by atoms with Crippen molar-refractivity contribution < 1.29 is 13.2 Å². The zero-order chi connectivity index (χ0) is 57.8. The maximum atomic E-state index is 15.4. The van der Waals surface area contributed by atoms with Crippen molar-refractivity contribution in [2.75, 3.05) is 0 Å². The molecule has 0 N–H and O–H groups in total. The van der Waals surface area contributed by atoms with Crippen LogP contribution in [0.5, 0.6) is 0 Å². The van der Waals surface area contributed by atoms with E-state index in [1.807, 2.05) is 162 Å². The third kappa shape index (κ3) is 8.54. The number of hydrogen-bond donors (Lipinski definition) is 0. The number of nitriles is 6. The van der Waals surface area contributed by atoms with E-state index in [0.717, 1.165) is 39.5 Å². The second-order valence-electron chi connectivity index (χ2n) is 19.7. The Bertz CT molecular complexity index is 5080. The van der Waals surface area contributed by atoms with Gasteiger partial charge in [0, 0.05) is 60.5 Å². The summed E-state index contributed by atoms with van der Waals surface area (Å²) in [4.78, 5) is 15.1. The largest absolute Gasteiger partial charge is 0.416 e. The van der Waals surface area contributed by atoms with Gasteiger partial charge in [-0.15, -0.1) is 0 Å². The lowest BCUT2D eigenvalue weighted by molar-refractivity contribution is -0.137. The molecular weight excluding hydrogens is 1050 g/mol. The van der Waals surface area contributed by atoms with Gasteiger partial charge in [0.1, 0.15) is 0 Å². The van der Waals surface area contributed by atoms with Crippen LogP contribution >= 0.6 is 0 Å². The fraction of sp³-hybridized carbons (Fsp3) is 0.0143. The Labute approximate surface area is 477 Å². The first-order valence-electron chi connectivity index (χ1n) is 26.1. The molecule has 0 fully saturated rings. The van der Waals surface area contributed by atoms with E-state index >= 15 is 13.2 Å². The predicted molar refractivity (Wildman–Crippen MR) is 314 cm³/mol. The SMILES string of the molecule is N#Cc1cc(C#N)c(-c2ccc3c(c2)c2ccccc2n3-c2ccc(-c3nc(-c4ccccc4)nc(-c4ccccc4)n3)cc2-c2ccc(C(F)(F)F)cc2-n2c3ccccc3c3cc(-c4c(C#N)cc(C#N)cc4C#N)ccc32)c(C#N)c1. The van der Waals surface area contributed by atoms with Crippen LogP contribution in [0.4, 0.5) is 13.2 Å². The van der Waals surface area contributed by atoms with Crippen molar-refractivity contribution in [2.24, 2.45) is 0 Å². The molecule has 0 unspecified atom stereocenters. The average Bonchev–Trinajstić information content (AvgIpc) is 2.22. The topological polar surface area (TPSA) is 191 Å². The van der Waals surface area contributed by atoms with Crippen LogP contribution in [-0.4, -0.2) is 24.1 Å². The number of nitrogens with zero attached hydrogens (tertiary/aromatic N) is 11. The molecule has 0 amide bonds. The Morgan fingerprint density at radius 3 is 1.17 bits per heavy atom. The summed E-state index contributed by atoms with van der Waals surface area (Å²) in [6, 6.07) is 72.7. The maximum Gasteiger partial charge on any atom is 0.416 e. The summed E-state index contributed by atoms with van der Waals surface area (Å²) in [5, 5.41) is 63.7. The molecule has 13 aromatic rings. The van der Waals surface area contributed by atoms with E-state index in [1.165, 1.54) is 30.3 Å². The highest BCUT2D eigenvalue weighted by atomic mass is 19.4. The van der Waals surface area contributed by atoms with Crippen molar-refractivity contribution in [1.82, 2.24) is 24.1 Å². The summed E-state index contributed by atoms with van der Waals surface area (Å²) in [7, 11) is 0. The second-order valence-corrected chi connectivity index (χ2v) is 19.7. The second kappa shape index (κ2) is 20.3. The van der Waals surface area contributed by atoms with Crippen molar-refractivity contribution in [3.8, 4) is 115 Å². The smallest absolute Gasteiger partial charge is 0.309 e. The van der Waals surface area contributed by atoms with Crippen LogP contribution in [0.15, 0.2) is 206 Å². The lowest BCUT2D eigenvalue weighted by Crippen LogP contribution is -2.08. The molecule has 0 spiro atoms. The molecule has 10 aromatic carbocycles. The molecule has 14 heteroatoms. The minimum absolute atomic E-state index is 0.112. The van der Waals surface area contributed by atoms with Gasteiger partial charge < -0.3 is 9.13 Å². The van der Waals surface area contributed by atoms with Gasteiger partial charge in [-0.1, -0.05) is 115 Å². The minimum atomic E-state index is -4.79. The van der Waals surface area contributed by atoms with Gasteiger partial charge in [-0.3, -0.25) is 0 Å². The molecule has 0 saturated heterocycles. The van der Waals surface area contributed by atoms with E-state index < -0.39 is 11.7 Å². The summed E-state index contributed by atoms with van der Waals surface area (Å²) in [5.74, 6) is 1.09. The first-order chi connectivity index (χ1) is 41.0. The van der Waals surface area contributed by atoms with Gasteiger partial charge in [0.05, 0.1) is 109 Å². The highest BCUT2D eigenvalue weighted by Gasteiger charge is 2.33. The number of rotatable bonds is 8. The Kier molecular flexibility index (Phi) is 12.3. The van der Waals surface area contributed by atoms with Crippen molar-refractivity contribution in [1.29, 1.82) is 31.6 Å². The minimum Gasteiger partial charge on any atom is -0.309 e. The summed E-state index contributed by atoms with van der Waals surface area (Å²) >= 11 is 0. The molecule has 0 aliphatic heterocycles. The Balaban J connectivity index is 1.12. The zero-order valence-corrected chi connectivity index (χ0v) is 43.7. The normalized spacial score (nSPS) is 11.2. The lowest BCUT2D eigenvalue weighted by atomic mass is 9.92. The fourth-order valence-electron chi connectivity index (χ4n) is 11.3. The molecule has 84 heavy (non-hydrogen) atoms. The van der Waals surface area contributed by atoms with E-state index in [1.54, 1.807) is 22.8 Å². The van der Waals surface area contributed by atoms with Crippen LogP contribution in [0, 0.1) is 68.0 Å². The Morgan fingerprint density at radius 2 is 0.726 bits per heavy atom. The van der Waals surface area contributed by atoms with Crippen LogP contribution in [0.3, 0.4) is 0 Å². The third-order valence-electron chi connectivity index (χ3n) is 15.0. The number of alkyl halides is 3. The fourth-order valence-corrected chi connectivity index (χ4v) is 11.3. The Morgan fingerprint density at radius 1 is 0.321 bits per heavy atom. The van der Waals surface area contributed by atoms with Gasteiger partial charge in [0.2, 0.25) is 0 Å². The van der Waals surface area contributed by atoms with Crippen molar-refractivity contribution in [3.05, 3.63) is 245 Å². The molecule has 0 aliphatic carbocycles. The molecule has 0 aliphatic rings. The van der Waals surface area contributed by atoms with E-state index in [2.05, 4.69) is 24.3 Å². The summed E-state index contributed by atoms with van der Waals surface area (Å²) < 4.78 is 50.1. The number of halogens is 3. The van der Waals surface area contributed by atoms with Crippen LogP contribution in [-0.2, 0) is 6.18 Å². The molecule has 0 bridgehead atoms. The molecule has 3 aromatic heterocycles. The van der Waals surface area contributed by atoms with E-state index in [-0.39, 0.29) is 39.1 Å². The van der Waals surface area contributed by atoms with Gasteiger partial charge in [-0.2, -0.15) is 44.7 Å². The van der Waals surface area contributed by atoms with Crippen LogP contribution in [0.2, 0.25) is 0 Å². The predicted octanol–water partition coefficient (Wildman–Crippen LogP) is 16.3. The van der Waals surface area contributed by atoms with Gasteiger partial charge >= 0.3 is 6.18 Å². The van der Waals surface area contributed by atoms with E-state index in [9.17, 15) is 31.6 Å². The van der Waals surface area contributed by atoms with Crippen LogP contribution in [0.1, 0.15) is 38.9 Å². The summed E-state index contributed by atoms with van der Waals surface area (Å²) in [6.07, 6.45) is -4.79. The quantitative estimate of drug-likeness (QED) is 0.142. The molecule has 3 heterocycles. The third-order valence-corrected chi connectivity index (χ3v) is 15.0. The maximum absolute atomic E-state index is 15.4. The number of aromatic nitrogens is 5. The molecular formula is C70H34F3N11. The first-order valence-corrected chi connectivity index (χ1v) is 26.1. The van der Waals surface area contributed by atoms with Crippen molar-refractivity contribution in [2.45, 2.75) is 6.18 Å². The van der Waals surface area contributed by atoms with Crippen molar-refractivity contribution in [3.63, 3.8) is 0 Å². The number of benzene rings is 10. The number of fused-ring (bicyclic) bond motifs is 6. The van der Waals surface area contributed by atoms with Crippen LogP contribution < -0.4 is 0 Å². The highest BCUT2D eigenvalue weighted by Crippen LogP contribution is 2.46. The molecule has 0 atom stereocenters. The monoisotopic (exact) mass is 1090 g/mol. The van der Waals surface area contributed by atoms with Crippen LogP contribution in [0.25, 0.3) is 123 Å². The lowest BCUT2D eigenvalue weighted by Gasteiger charge is -2.21. The molecule has 11 nitrogen and oxygen atoms in total. The average molecular weight is 1090 g/mol. The van der Waals surface area contributed by atoms with Gasteiger partial charge in [0.15, 0.2) is 17.5 Å². The van der Waals surface area contributed by atoms with Gasteiger partial charge in [-0.05, 0) is 102 Å². The van der Waals surface area contributed by atoms with Gasteiger partial charge in [-0.25, -0.2) is 15.0 Å².